The zero-order valence-corrected chi connectivity index (χ0v) is 25.0. The molecule has 216 valence electrons. The minimum Gasteiger partial charge on any atom is -0.369 e. The number of hydrogen-bond acceptors (Lipinski definition) is 6. The highest BCUT2D eigenvalue weighted by Crippen LogP contribution is 2.25. The molecule has 1 heterocycles. The third-order valence-electron chi connectivity index (χ3n) is 7.08. The van der Waals surface area contributed by atoms with Gasteiger partial charge in [-0.1, -0.05) is 113 Å². The fraction of sp³-hybridized carbons (Fsp3) is 0.343. The minimum atomic E-state index is 0.328. The topological polar surface area (TPSA) is 99.7 Å². The molecule has 0 saturated heterocycles. The number of anilines is 2. The molecule has 1 aliphatic carbocycles. The summed E-state index contributed by atoms with van der Waals surface area (Å²) < 4.78 is 0. The fourth-order valence-corrected chi connectivity index (χ4v) is 4.81. The van der Waals surface area contributed by atoms with E-state index in [4.69, 9.17) is 16.1 Å². The Balaban J connectivity index is 0.00000111. The highest BCUT2D eigenvalue weighted by Gasteiger charge is 2.20. The van der Waals surface area contributed by atoms with Crippen LogP contribution in [-0.4, -0.2) is 28.3 Å². The van der Waals surface area contributed by atoms with Crippen molar-refractivity contribution >= 4 is 17.5 Å². The van der Waals surface area contributed by atoms with Gasteiger partial charge in [0.15, 0.2) is 0 Å². The molecule has 1 fully saturated rings. The van der Waals surface area contributed by atoms with Crippen molar-refractivity contribution in [2.75, 3.05) is 17.2 Å². The molecule has 41 heavy (non-hydrogen) atoms. The summed E-state index contributed by atoms with van der Waals surface area (Å²) in [6.45, 7) is 9.43. The molecule has 0 amide bonds. The summed E-state index contributed by atoms with van der Waals surface area (Å²) >= 11 is 0. The van der Waals surface area contributed by atoms with Crippen LogP contribution in [0.15, 0.2) is 91.1 Å². The summed E-state index contributed by atoms with van der Waals surface area (Å²) in [5.41, 5.74) is 11.6. The van der Waals surface area contributed by atoms with E-state index in [9.17, 15) is 0 Å². The van der Waals surface area contributed by atoms with Crippen LogP contribution in [0.2, 0.25) is 0 Å². The molecule has 5 rings (SSSR count). The highest BCUT2D eigenvalue weighted by atomic mass is 15.1. The molecule has 1 aliphatic rings. The molecule has 0 unspecified atom stereocenters. The minimum absolute atomic E-state index is 0.328. The van der Waals surface area contributed by atoms with Gasteiger partial charge in [0.1, 0.15) is 5.82 Å². The second kappa shape index (κ2) is 16.9. The molecule has 1 saturated carbocycles. The van der Waals surface area contributed by atoms with Crippen molar-refractivity contribution in [1.82, 2.24) is 9.97 Å². The summed E-state index contributed by atoms with van der Waals surface area (Å²) in [7, 11) is 0. The van der Waals surface area contributed by atoms with Crippen LogP contribution in [0.4, 0.5) is 11.8 Å². The average Bonchev–Trinajstić information content (AvgIpc) is 3.06. The lowest BCUT2D eigenvalue weighted by atomic mass is 9.86. The van der Waals surface area contributed by atoms with E-state index in [0.29, 0.717) is 41.5 Å². The van der Waals surface area contributed by atoms with E-state index < -0.39 is 0 Å². The van der Waals surface area contributed by atoms with E-state index >= 15 is 0 Å². The molecule has 0 bridgehead atoms. The first-order valence-corrected chi connectivity index (χ1v) is 15.0. The maximum Gasteiger partial charge on any atom is 0.224 e. The van der Waals surface area contributed by atoms with Gasteiger partial charge in [0.05, 0.1) is 11.3 Å². The normalized spacial score (nSPS) is 15.8. The van der Waals surface area contributed by atoms with E-state index in [1.54, 1.807) is 6.20 Å². The summed E-state index contributed by atoms with van der Waals surface area (Å²) in [4.78, 5) is 9.35. The maximum absolute atomic E-state index is 8.80. The molecule has 0 spiro atoms. The van der Waals surface area contributed by atoms with Gasteiger partial charge in [-0.05, 0) is 48.3 Å². The van der Waals surface area contributed by atoms with Gasteiger partial charge in [0.25, 0.3) is 0 Å². The van der Waals surface area contributed by atoms with E-state index in [0.717, 1.165) is 43.4 Å². The lowest BCUT2D eigenvalue weighted by Crippen LogP contribution is -2.29. The second-order valence-electron chi connectivity index (χ2n) is 9.78. The van der Waals surface area contributed by atoms with Crippen molar-refractivity contribution in [2.24, 2.45) is 11.7 Å². The zero-order chi connectivity index (χ0) is 29.5. The van der Waals surface area contributed by atoms with Crippen LogP contribution in [0.25, 0.3) is 11.1 Å². The van der Waals surface area contributed by atoms with Gasteiger partial charge in [-0.3, -0.25) is 5.41 Å². The molecule has 1 aromatic heterocycles. The molecule has 6 heteroatoms. The largest absolute Gasteiger partial charge is 0.369 e. The summed E-state index contributed by atoms with van der Waals surface area (Å²) in [6, 6.07) is 29.0. The van der Waals surface area contributed by atoms with Gasteiger partial charge in [0, 0.05) is 30.9 Å². The van der Waals surface area contributed by atoms with Gasteiger partial charge < -0.3 is 16.4 Å². The number of hydrogen-bond donors (Lipinski definition) is 4. The number of benzene rings is 3. The van der Waals surface area contributed by atoms with E-state index in [-0.39, 0.29) is 0 Å². The Morgan fingerprint density at radius 1 is 0.780 bits per heavy atom. The number of nitrogens with one attached hydrogen (secondary N) is 3. The van der Waals surface area contributed by atoms with Crippen LogP contribution < -0.4 is 16.4 Å². The van der Waals surface area contributed by atoms with Crippen LogP contribution in [0.1, 0.15) is 70.1 Å². The highest BCUT2D eigenvalue weighted by molar-refractivity contribution is 6.13. The molecule has 0 radical (unpaired) electrons. The van der Waals surface area contributed by atoms with Crippen molar-refractivity contribution in [3.63, 3.8) is 0 Å². The Hall–Kier alpha value is -4.03. The Bertz CT molecular complexity index is 1300. The predicted molar refractivity (Wildman–Crippen MR) is 175 cm³/mol. The molecule has 5 N–H and O–H groups in total. The third-order valence-corrected chi connectivity index (χ3v) is 7.08. The van der Waals surface area contributed by atoms with Gasteiger partial charge >= 0.3 is 0 Å². The van der Waals surface area contributed by atoms with Crippen molar-refractivity contribution in [3.8, 4) is 11.1 Å². The summed E-state index contributed by atoms with van der Waals surface area (Å²) in [5.74, 6) is 1.80. The van der Waals surface area contributed by atoms with Crippen LogP contribution in [-0.2, 0) is 6.54 Å². The van der Waals surface area contributed by atoms with E-state index in [1.807, 2.05) is 64.1 Å². The fourth-order valence-electron chi connectivity index (χ4n) is 4.81. The molecule has 0 atom stereocenters. The number of nitrogens with two attached hydrogens (primary N) is 1. The van der Waals surface area contributed by atoms with Crippen LogP contribution >= 0.6 is 0 Å². The first kappa shape index (κ1) is 31.5. The van der Waals surface area contributed by atoms with Gasteiger partial charge in [-0.2, -0.15) is 4.98 Å². The van der Waals surface area contributed by atoms with E-state index in [2.05, 4.69) is 64.1 Å². The zero-order valence-electron chi connectivity index (χ0n) is 25.0. The predicted octanol–water partition coefficient (Wildman–Crippen LogP) is 8.15. The van der Waals surface area contributed by atoms with Crippen LogP contribution in [0, 0.1) is 11.3 Å². The standard InChI is InChI=1S/C31H34N6.2C2H6/c32-27-17-13-23(14-18-27)19-34-30-28(29(33)26-9-5-2-6-10-26)21-36-31(37-30)35-20-22-11-15-25(16-12-22)24-7-3-1-4-8-24;2*1-2/h1-12,15-16,21,23,27,33H,13-14,17-20,32H2,(H2,34,35,36,37);2*1-2H3. The summed E-state index contributed by atoms with van der Waals surface area (Å²) in [5, 5.41) is 15.7. The molecule has 4 aromatic rings. The van der Waals surface area contributed by atoms with Gasteiger partial charge in [-0.15, -0.1) is 0 Å². The van der Waals surface area contributed by atoms with Crippen LogP contribution in [0.5, 0.6) is 0 Å². The SMILES string of the molecule is CC.CC.N=C(c1ccccc1)c1cnc(NCc2ccc(-c3ccccc3)cc2)nc1NCC1CCC(N)CC1. The number of aromatic nitrogens is 2. The Morgan fingerprint density at radius 3 is 2.00 bits per heavy atom. The van der Waals surface area contributed by atoms with E-state index in [1.165, 1.54) is 11.1 Å². The lowest BCUT2D eigenvalue weighted by molar-refractivity contribution is 0.338. The van der Waals surface area contributed by atoms with Crippen LogP contribution in [0.3, 0.4) is 0 Å². The Labute approximate surface area is 246 Å². The number of rotatable bonds is 9. The smallest absolute Gasteiger partial charge is 0.224 e. The van der Waals surface area contributed by atoms with Gasteiger partial charge in [-0.25, -0.2) is 4.98 Å². The first-order valence-electron chi connectivity index (χ1n) is 15.0. The second-order valence-corrected chi connectivity index (χ2v) is 9.78. The Kier molecular flexibility index (Phi) is 13.0. The third kappa shape index (κ3) is 9.25. The number of nitrogens with zero attached hydrogens (tertiary/aromatic N) is 2. The molecule has 3 aromatic carbocycles. The quantitative estimate of drug-likeness (QED) is 0.158. The maximum atomic E-state index is 8.80. The van der Waals surface area contributed by atoms with Gasteiger partial charge in [0.2, 0.25) is 5.95 Å². The lowest BCUT2D eigenvalue weighted by Gasteiger charge is -2.26. The Morgan fingerprint density at radius 2 is 1.37 bits per heavy atom. The van der Waals surface area contributed by atoms with Crippen molar-refractivity contribution in [1.29, 1.82) is 5.41 Å². The molecular formula is C35H46N6. The molecule has 0 aliphatic heterocycles. The monoisotopic (exact) mass is 550 g/mol. The molecular weight excluding hydrogens is 504 g/mol. The first-order chi connectivity index (χ1) is 20.2. The van der Waals surface area contributed by atoms with Crippen molar-refractivity contribution in [3.05, 3.63) is 108 Å². The summed E-state index contributed by atoms with van der Waals surface area (Å²) in [6.07, 6.45) is 6.13. The molecule has 6 nitrogen and oxygen atoms in total. The van der Waals surface area contributed by atoms with Crippen molar-refractivity contribution in [2.45, 2.75) is 66.0 Å². The average molecular weight is 551 g/mol. The van der Waals surface area contributed by atoms with Crippen molar-refractivity contribution < 1.29 is 0 Å².